The van der Waals surface area contributed by atoms with Gasteiger partial charge in [-0.3, -0.25) is 10.1 Å². The standard InChI is InChI=1S/C15H13IN2O3/c16-12-9-10(18(19)20)5-6-14(12)17-13-7-8-21-15-4-2-1-3-11(13)15/h1-6,9,13,17H,7-8H2. The molecule has 1 heterocycles. The van der Waals surface area contributed by atoms with Crippen molar-refractivity contribution < 1.29 is 9.66 Å². The molecule has 0 radical (unpaired) electrons. The summed E-state index contributed by atoms with van der Waals surface area (Å²) in [4.78, 5) is 10.4. The summed E-state index contributed by atoms with van der Waals surface area (Å²) in [6.07, 6.45) is 0.865. The zero-order valence-corrected chi connectivity index (χ0v) is 13.2. The third kappa shape index (κ3) is 2.94. The molecule has 1 aliphatic heterocycles. The van der Waals surface area contributed by atoms with Gasteiger partial charge >= 0.3 is 0 Å². The third-order valence-corrected chi connectivity index (χ3v) is 4.34. The highest BCUT2D eigenvalue weighted by molar-refractivity contribution is 14.1. The molecule has 2 aromatic rings. The lowest BCUT2D eigenvalue weighted by molar-refractivity contribution is -0.384. The number of ether oxygens (including phenoxy) is 1. The Hall–Kier alpha value is -1.83. The summed E-state index contributed by atoms with van der Waals surface area (Å²) in [5.74, 6) is 0.901. The van der Waals surface area contributed by atoms with Crippen molar-refractivity contribution in [2.24, 2.45) is 0 Å². The number of nitrogens with one attached hydrogen (secondary N) is 1. The van der Waals surface area contributed by atoms with Crippen LogP contribution in [0.1, 0.15) is 18.0 Å². The highest BCUT2D eigenvalue weighted by Gasteiger charge is 2.21. The Morgan fingerprint density at radius 2 is 2.10 bits per heavy atom. The molecule has 0 aromatic heterocycles. The average Bonchev–Trinajstić information content (AvgIpc) is 2.49. The van der Waals surface area contributed by atoms with Crippen LogP contribution in [0, 0.1) is 13.7 Å². The van der Waals surface area contributed by atoms with Crippen molar-refractivity contribution in [1.82, 2.24) is 0 Å². The molecule has 0 saturated heterocycles. The van der Waals surface area contributed by atoms with E-state index in [1.54, 1.807) is 12.1 Å². The van der Waals surface area contributed by atoms with Crippen LogP contribution in [0.15, 0.2) is 42.5 Å². The number of hydrogen-bond acceptors (Lipinski definition) is 4. The van der Waals surface area contributed by atoms with Gasteiger partial charge in [-0.2, -0.15) is 0 Å². The summed E-state index contributed by atoms with van der Waals surface area (Å²) < 4.78 is 6.48. The molecular formula is C15H13IN2O3. The highest BCUT2D eigenvalue weighted by atomic mass is 127. The molecule has 0 aliphatic carbocycles. The third-order valence-electron chi connectivity index (χ3n) is 3.45. The van der Waals surface area contributed by atoms with Crippen LogP contribution in [0.4, 0.5) is 11.4 Å². The van der Waals surface area contributed by atoms with Crippen molar-refractivity contribution in [2.75, 3.05) is 11.9 Å². The van der Waals surface area contributed by atoms with E-state index < -0.39 is 0 Å². The summed E-state index contributed by atoms with van der Waals surface area (Å²) in [5, 5.41) is 14.2. The van der Waals surface area contributed by atoms with Gasteiger partial charge in [-0.1, -0.05) is 18.2 Å². The van der Waals surface area contributed by atoms with E-state index in [-0.39, 0.29) is 16.7 Å². The topological polar surface area (TPSA) is 64.4 Å². The van der Waals surface area contributed by atoms with Crippen LogP contribution < -0.4 is 10.1 Å². The van der Waals surface area contributed by atoms with Crippen molar-refractivity contribution in [1.29, 1.82) is 0 Å². The maximum absolute atomic E-state index is 10.8. The van der Waals surface area contributed by atoms with Crippen LogP contribution in [0.5, 0.6) is 5.75 Å². The SMILES string of the molecule is O=[N+]([O-])c1ccc(NC2CCOc3ccccc32)c(I)c1. The molecule has 1 N–H and O–H groups in total. The maximum atomic E-state index is 10.8. The molecule has 21 heavy (non-hydrogen) atoms. The monoisotopic (exact) mass is 396 g/mol. The fourth-order valence-corrected chi connectivity index (χ4v) is 3.07. The van der Waals surface area contributed by atoms with Crippen LogP contribution >= 0.6 is 22.6 Å². The summed E-state index contributed by atoms with van der Waals surface area (Å²) in [5.41, 5.74) is 2.14. The van der Waals surface area contributed by atoms with Gasteiger partial charge in [0.2, 0.25) is 0 Å². The second-order valence-corrected chi connectivity index (χ2v) is 5.96. The number of nitro benzene ring substituents is 1. The fraction of sp³-hybridized carbons (Fsp3) is 0.200. The van der Waals surface area contributed by atoms with E-state index in [1.165, 1.54) is 6.07 Å². The molecular weight excluding hydrogens is 383 g/mol. The van der Waals surface area contributed by atoms with Gasteiger partial charge in [0, 0.05) is 33.4 Å². The number of benzene rings is 2. The minimum Gasteiger partial charge on any atom is -0.493 e. The number of para-hydroxylation sites is 1. The van der Waals surface area contributed by atoms with Crippen LogP contribution in [0.2, 0.25) is 0 Å². The van der Waals surface area contributed by atoms with Crippen LogP contribution in [-0.4, -0.2) is 11.5 Å². The maximum Gasteiger partial charge on any atom is 0.270 e. The number of nitrogens with zero attached hydrogens (tertiary/aromatic N) is 1. The Labute approximate surface area is 135 Å². The number of rotatable bonds is 3. The molecule has 1 unspecified atom stereocenters. The van der Waals surface area contributed by atoms with Crippen molar-refractivity contribution in [3.8, 4) is 5.75 Å². The van der Waals surface area contributed by atoms with Crippen LogP contribution in [-0.2, 0) is 0 Å². The number of hydrogen-bond donors (Lipinski definition) is 1. The van der Waals surface area contributed by atoms with Gasteiger partial charge in [0.05, 0.1) is 17.6 Å². The zero-order chi connectivity index (χ0) is 14.8. The number of anilines is 1. The Morgan fingerprint density at radius 1 is 1.29 bits per heavy atom. The molecule has 0 amide bonds. The van der Waals surface area contributed by atoms with Gasteiger partial charge < -0.3 is 10.1 Å². The summed E-state index contributed by atoms with van der Waals surface area (Å²) in [6.45, 7) is 0.665. The zero-order valence-electron chi connectivity index (χ0n) is 11.1. The van der Waals surface area contributed by atoms with Gasteiger partial charge in [-0.15, -0.1) is 0 Å². The van der Waals surface area contributed by atoms with E-state index in [4.69, 9.17) is 4.74 Å². The fourth-order valence-electron chi connectivity index (χ4n) is 2.41. The number of fused-ring (bicyclic) bond motifs is 1. The van der Waals surface area contributed by atoms with Crippen molar-refractivity contribution >= 4 is 34.0 Å². The minimum atomic E-state index is -0.379. The molecule has 1 atom stereocenters. The Morgan fingerprint density at radius 3 is 2.86 bits per heavy atom. The van der Waals surface area contributed by atoms with Gasteiger partial charge in [0.1, 0.15) is 5.75 Å². The van der Waals surface area contributed by atoms with Crippen molar-refractivity contribution in [3.05, 3.63) is 61.7 Å². The molecule has 3 rings (SSSR count). The smallest absolute Gasteiger partial charge is 0.270 e. The summed E-state index contributed by atoms with van der Waals surface area (Å²) in [6, 6.07) is 13.0. The van der Waals surface area contributed by atoms with Gasteiger partial charge in [-0.25, -0.2) is 0 Å². The van der Waals surface area contributed by atoms with Crippen molar-refractivity contribution in [2.45, 2.75) is 12.5 Å². The van der Waals surface area contributed by atoms with E-state index in [1.807, 2.05) is 24.3 Å². The van der Waals surface area contributed by atoms with E-state index in [0.717, 1.165) is 27.0 Å². The van der Waals surface area contributed by atoms with Crippen LogP contribution in [0.3, 0.4) is 0 Å². The molecule has 0 fully saturated rings. The van der Waals surface area contributed by atoms with E-state index >= 15 is 0 Å². The van der Waals surface area contributed by atoms with Gasteiger partial charge in [0.15, 0.2) is 0 Å². The summed E-state index contributed by atoms with van der Waals surface area (Å²) in [7, 11) is 0. The molecule has 108 valence electrons. The molecule has 0 bridgehead atoms. The molecule has 0 saturated carbocycles. The largest absolute Gasteiger partial charge is 0.493 e. The van der Waals surface area contributed by atoms with Crippen molar-refractivity contribution in [3.63, 3.8) is 0 Å². The predicted octanol–water partition coefficient (Wildman–Crippen LogP) is 4.14. The average molecular weight is 396 g/mol. The second-order valence-electron chi connectivity index (χ2n) is 4.79. The Bertz CT molecular complexity index is 690. The number of non-ortho nitro benzene ring substituents is 1. The number of halogens is 1. The molecule has 2 aromatic carbocycles. The second kappa shape index (κ2) is 5.88. The first-order chi connectivity index (χ1) is 10.1. The van der Waals surface area contributed by atoms with Crippen LogP contribution in [0.25, 0.3) is 0 Å². The molecule has 5 nitrogen and oxygen atoms in total. The first-order valence-corrected chi connectivity index (χ1v) is 7.65. The Kier molecular flexibility index (Phi) is 3.96. The summed E-state index contributed by atoms with van der Waals surface area (Å²) >= 11 is 2.12. The number of nitro groups is 1. The first-order valence-electron chi connectivity index (χ1n) is 6.57. The molecule has 0 spiro atoms. The molecule has 1 aliphatic rings. The van der Waals surface area contributed by atoms with E-state index in [9.17, 15) is 10.1 Å². The predicted molar refractivity (Wildman–Crippen MR) is 88.7 cm³/mol. The lowest BCUT2D eigenvalue weighted by Gasteiger charge is -2.27. The first kappa shape index (κ1) is 14.1. The normalized spacial score (nSPS) is 16.7. The van der Waals surface area contributed by atoms with Gasteiger partial charge in [0.25, 0.3) is 5.69 Å². The molecule has 6 heteroatoms. The Balaban J connectivity index is 1.86. The van der Waals surface area contributed by atoms with Gasteiger partial charge in [-0.05, 0) is 34.7 Å². The van der Waals surface area contributed by atoms with E-state index in [2.05, 4.69) is 27.9 Å². The lowest BCUT2D eigenvalue weighted by Crippen LogP contribution is -2.20. The highest BCUT2D eigenvalue weighted by Crippen LogP contribution is 2.35. The van der Waals surface area contributed by atoms with E-state index in [0.29, 0.717) is 6.61 Å². The lowest BCUT2D eigenvalue weighted by atomic mass is 10.0. The minimum absolute atomic E-state index is 0.109. The quantitative estimate of drug-likeness (QED) is 0.481.